The largest absolute Gasteiger partial charge is 0.415 e. The molecule has 2 aromatic heterocycles. The fraction of sp³-hybridized carbons (Fsp3) is 0.581. The predicted octanol–water partition coefficient (Wildman–Crippen LogP) is 7.32. The fourth-order valence-corrected chi connectivity index (χ4v) is 5.48. The van der Waals surface area contributed by atoms with Crippen LogP contribution in [0.3, 0.4) is 0 Å². The molecule has 0 bridgehead atoms. The highest BCUT2D eigenvalue weighted by atomic mass is 28.4. The molecule has 0 spiro atoms. The lowest BCUT2D eigenvalue weighted by atomic mass is 10.0. The molecule has 0 aliphatic heterocycles. The van der Waals surface area contributed by atoms with E-state index in [2.05, 4.69) is 75.5 Å². The standard InChI is InChI=1S/C31H48FN5O4Si2/c1-13-20-14-15-23(22(32)16-20)33-24-17-26(38)37(10)18-21(24)27-35-36-28(40-27)34-25(19-39-43(11,12)30(5,6)7)31(8,9)41-42-29(2,3)4/h14-18,25,33H,13,19H2,1-12H3,(H,34,36). The average molecular weight is 630 g/mol. The number of benzene rings is 1. The van der Waals surface area contributed by atoms with Crippen molar-refractivity contribution >= 4 is 35.5 Å². The van der Waals surface area contributed by atoms with E-state index in [1.165, 1.54) is 16.7 Å². The van der Waals surface area contributed by atoms with Gasteiger partial charge in [0.15, 0.2) is 8.32 Å². The summed E-state index contributed by atoms with van der Waals surface area (Å²) in [6.07, 6.45) is 2.31. The van der Waals surface area contributed by atoms with Crippen LogP contribution in [0, 0.1) is 5.82 Å². The summed E-state index contributed by atoms with van der Waals surface area (Å²) >= 11 is 0. The van der Waals surface area contributed by atoms with Gasteiger partial charge in [-0.3, -0.25) is 4.79 Å². The van der Waals surface area contributed by atoms with Gasteiger partial charge in [-0.25, -0.2) is 4.39 Å². The molecular weight excluding hydrogens is 582 g/mol. The van der Waals surface area contributed by atoms with Crippen molar-refractivity contribution in [1.82, 2.24) is 14.8 Å². The van der Waals surface area contributed by atoms with Gasteiger partial charge in [-0.05, 0) is 61.1 Å². The molecule has 1 atom stereocenters. The number of nitrogens with zero attached hydrogens (tertiary/aromatic N) is 3. The SMILES string of the molecule is CCc1ccc(Nc2cc(=O)n(C)cc2-c2nnc(NC(CO[Si](C)(C)C(C)(C)C)C(C)(C)O[Si]C(C)(C)C)o2)c(F)c1. The maximum Gasteiger partial charge on any atom is 0.316 e. The van der Waals surface area contributed by atoms with Crippen molar-refractivity contribution in [2.45, 2.75) is 104 Å². The van der Waals surface area contributed by atoms with Crippen LogP contribution in [0.4, 0.5) is 21.8 Å². The highest BCUT2D eigenvalue weighted by Crippen LogP contribution is 2.37. The zero-order valence-corrected chi connectivity index (χ0v) is 29.7. The Balaban J connectivity index is 1.94. The first-order chi connectivity index (χ1) is 19.7. The minimum absolute atomic E-state index is 0.00273. The zero-order valence-electron chi connectivity index (χ0n) is 27.7. The molecule has 9 nitrogen and oxygen atoms in total. The van der Waals surface area contributed by atoms with E-state index in [0.29, 0.717) is 24.3 Å². The van der Waals surface area contributed by atoms with E-state index in [1.807, 2.05) is 26.8 Å². The molecule has 236 valence electrons. The zero-order chi connectivity index (χ0) is 32.4. The molecule has 43 heavy (non-hydrogen) atoms. The minimum atomic E-state index is -2.07. The van der Waals surface area contributed by atoms with Crippen LogP contribution in [0.25, 0.3) is 11.5 Å². The first kappa shape index (κ1) is 34.7. The first-order valence-corrected chi connectivity index (χ1v) is 18.5. The number of aryl methyl sites for hydroxylation is 2. The van der Waals surface area contributed by atoms with Crippen LogP contribution in [0.15, 0.2) is 39.7 Å². The number of anilines is 3. The topological polar surface area (TPSA) is 103 Å². The summed E-state index contributed by atoms with van der Waals surface area (Å²) in [5, 5.41) is 15.0. The van der Waals surface area contributed by atoms with Gasteiger partial charge >= 0.3 is 6.01 Å². The monoisotopic (exact) mass is 629 g/mol. The second-order valence-electron chi connectivity index (χ2n) is 14.1. The van der Waals surface area contributed by atoms with Crippen LogP contribution in [0.5, 0.6) is 0 Å². The van der Waals surface area contributed by atoms with Crippen LogP contribution in [-0.2, 0) is 22.3 Å². The Kier molecular flexibility index (Phi) is 10.5. The number of pyridine rings is 1. The summed E-state index contributed by atoms with van der Waals surface area (Å²) < 4.78 is 35.4. The van der Waals surface area contributed by atoms with E-state index < -0.39 is 19.7 Å². The second-order valence-corrected chi connectivity index (χ2v) is 20.8. The molecule has 0 aliphatic rings. The van der Waals surface area contributed by atoms with E-state index in [1.54, 1.807) is 19.3 Å². The molecule has 12 heteroatoms. The first-order valence-electron chi connectivity index (χ1n) is 14.7. The Labute approximate surface area is 259 Å². The smallest absolute Gasteiger partial charge is 0.316 e. The van der Waals surface area contributed by atoms with Gasteiger partial charge in [-0.1, -0.05) is 59.6 Å². The summed E-state index contributed by atoms with van der Waals surface area (Å²) in [5.74, 6) is -0.243. The van der Waals surface area contributed by atoms with E-state index in [4.69, 9.17) is 13.3 Å². The van der Waals surface area contributed by atoms with Crippen LogP contribution in [0.1, 0.15) is 67.9 Å². The van der Waals surface area contributed by atoms with Crippen molar-refractivity contribution in [3.8, 4) is 11.5 Å². The molecule has 2 radical (unpaired) electrons. The molecule has 0 amide bonds. The molecule has 3 aromatic rings. The van der Waals surface area contributed by atoms with Crippen LogP contribution in [0.2, 0.25) is 23.2 Å². The highest BCUT2D eigenvalue weighted by Gasteiger charge is 2.40. The van der Waals surface area contributed by atoms with E-state index in [-0.39, 0.29) is 49.0 Å². The quantitative estimate of drug-likeness (QED) is 0.201. The summed E-state index contributed by atoms with van der Waals surface area (Å²) in [4.78, 5) is 12.5. The number of nitrogens with one attached hydrogen (secondary N) is 2. The summed E-state index contributed by atoms with van der Waals surface area (Å²) in [5.41, 5.74) is 1.03. The third kappa shape index (κ3) is 9.10. The Hall–Kier alpha value is -2.81. The third-order valence-electron chi connectivity index (χ3n) is 7.77. The maximum absolute atomic E-state index is 14.8. The predicted molar refractivity (Wildman–Crippen MR) is 175 cm³/mol. The number of rotatable bonds is 12. The van der Waals surface area contributed by atoms with Gasteiger partial charge in [0.05, 0.1) is 35.2 Å². The normalized spacial score (nSPS) is 13.7. The Bertz CT molecular complexity index is 1460. The number of hydrogen-bond acceptors (Lipinski definition) is 8. The Morgan fingerprint density at radius 1 is 1.07 bits per heavy atom. The van der Waals surface area contributed by atoms with Crippen LogP contribution >= 0.6 is 0 Å². The van der Waals surface area contributed by atoms with E-state index in [9.17, 15) is 9.18 Å². The lowest BCUT2D eigenvalue weighted by Crippen LogP contribution is -2.52. The lowest BCUT2D eigenvalue weighted by Gasteiger charge is -2.41. The van der Waals surface area contributed by atoms with Gasteiger partial charge in [0.1, 0.15) is 5.82 Å². The Morgan fingerprint density at radius 3 is 2.33 bits per heavy atom. The molecule has 0 saturated heterocycles. The van der Waals surface area contributed by atoms with Crippen LogP contribution < -0.4 is 16.2 Å². The van der Waals surface area contributed by atoms with Gasteiger partial charge in [0.2, 0.25) is 9.76 Å². The molecule has 2 N–H and O–H groups in total. The molecule has 0 aliphatic carbocycles. The van der Waals surface area contributed by atoms with Gasteiger partial charge < -0.3 is 28.5 Å². The van der Waals surface area contributed by atoms with Gasteiger partial charge in [0, 0.05) is 19.3 Å². The maximum atomic E-state index is 14.8. The molecular formula is C31H48FN5O4Si2. The van der Waals surface area contributed by atoms with E-state index in [0.717, 1.165) is 5.56 Å². The van der Waals surface area contributed by atoms with Gasteiger partial charge in [-0.2, -0.15) is 0 Å². The molecule has 2 heterocycles. The van der Waals surface area contributed by atoms with Crippen molar-refractivity contribution < 1.29 is 17.7 Å². The summed E-state index contributed by atoms with van der Waals surface area (Å²) in [6.45, 7) is 23.9. The van der Waals surface area contributed by atoms with Gasteiger partial charge in [0.25, 0.3) is 11.4 Å². The molecule has 1 unspecified atom stereocenters. The van der Waals surface area contributed by atoms with Crippen molar-refractivity contribution in [3.63, 3.8) is 0 Å². The van der Waals surface area contributed by atoms with Crippen molar-refractivity contribution in [1.29, 1.82) is 0 Å². The number of aromatic nitrogens is 3. The molecule has 3 rings (SSSR count). The third-order valence-corrected chi connectivity index (χ3v) is 13.5. The number of halogens is 1. The lowest BCUT2D eigenvalue weighted by molar-refractivity contribution is 0.0632. The van der Waals surface area contributed by atoms with Crippen molar-refractivity contribution in [2.24, 2.45) is 7.05 Å². The average Bonchev–Trinajstić information content (AvgIpc) is 3.35. The Morgan fingerprint density at radius 2 is 1.74 bits per heavy atom. The highest BCUT2D eigenvalue weighted by molar-refractivity contribution is 6.74. The second kappa shape index (κ2) is 13.0. The molecule has 0 saturated carbocycles. The number of hydrogen-bond donors (Lipinski definition) is 2. The molecule has 0 fully saturated rings. The fourth-order valence-electron chi connectivity index (χ4n) is 3.75. The summed E-state index contributed by atoms with van der Waals surface area (Å²) in [6, 6.07) is 6.25. The molecule has 1 aromatic carbocycles. The van der Waals surface area contributed by atoms with Crippen molar-refractivity contribution in [3.05, 3.63) is 52.2 Å². The summed E-state index contributed by atoms with van der Waals surface area (Å²) in [7, 11) is -0.172. The minimum Gasteiger partial charge on any atom is -0.415 e. The van der Waals surface area contributed by atoms with Gasteiger partial charge in [-0.15, -0.1) is 5.10 Å². The van der Waals surface area contributed by atoms with E-state index >= 15 is 0 Å². The van der Waals surface area contributed by atoms with Crippen molar-refractivity contribution in [2.75, 3.05) is 17.2 Å². The van der Waals surface area contributed by atoms with Crippen LogP contribution in [-0.4, -0.2) is 51.1 Å².